The second kappa shape index (κ2) is 6.37. The molecule has 108 valence electrons. The van der Waals surface area contributed by atoms with Gasteiger partial charge in [0, 0.05) is 10.2 Å². The molecule has 1 saturated heterocycles. The number of hydrogen-bond donors (Lipinski definition) is 1. The van der Waals surface area contributed by atoms with E-state index in [1.54, 1.807) is 18.2 Å². The smallest absolute Gasteiger partial charge is 0.327 e. The van der Waals surface area contributed by atoms with E-state index in [0.29, 0.717) is 27.2 Å². The van der Waals surface area contributed by atoms with E-state index in [2.05, 4.69) is 15.9 Å². The van der Waals surface area contributed by atoms with Crippen molar-refractivity contribution in [3.63, 3.8) is 0 Å². The van der Waals surface area contributed by atoms with E-state index in [-0.39, 0.29) is 11.3 Å². The molecule has 2 rings (SSSR count). The summed E-state index contributed by atoms with van der Waals surface area (Å²) < 4.78 is 0.622. The molecule has 0 saturated carbocycles. The van der Waals surface area contributed by atoms with E-state index >= 15 is 0 Å². The molecule has 2 unspecified atom stereocenters. The van der Waals surface area contributed by atoms with Gasteiger partial charge in [0.05, 0.1) is 16.0 Å². The van der Waals surface area contributed by atoms with Gasteiger partial charge in [-0.25, -0.2) is 4.79 Å². The standard InChI is InChI=1S/C13H13BrClNO3S/c1-2-10-16(9(6-20-10)13(18)19)12(17)7-4-3-5-8(14)11(7)15/h3-5,9-10H,2,6H2,1H3,(H,18,19). The molecule has 1 amide bonds. The van der Waals surface area contributed by atoms with Gasteiger partial charge in [0.25, 0.3) is 5.91 Å². The van der Waals surface area contributed by atoms with Crippen LogP contribution in [0.1, 0.15) is 23.7 Å². The zero-order valence-corrected chi connectivity index (χ0v) is 13.8. The predicted octanol–water partition coefficient (Wildman–Crippen LogP) is 3.48. The Bertz CT molecular complexity index is 554. The van der Waals surface area contributed by atoms with Gasteiger partial charge < -0.3 is 10.0 Å². The molecule has 1 aromatic carbocycles. The molecule has 2 atom stereocenters. The maximum absolute atomic E-state index is 12.6. The number of carbonyl (C=O) groups is 2. The Hall–Kier alpha value is -0.720. The summed E-state index contributed by atoms with van der Waals surface area (Å²) in [6.07, 6.45) is 0.700. The molecular weight excluding hydrogens is 366 g/mol. The Morgan fingerprint density at radius 2 is 2.25 bits per heavy atom. The minimum absolute atomic E-state index is 0.126. The molecule has 20 heavy (non-hydrogen) atoms. The number of carboxylic acids is 1. The first-order valence-electron chi connectivity index (χ1n) is 6.08. The van der Waals surface area contributed by atoms with Gasteiger partial charge in [-0.3, -0.25) is 4.79 Å². The number of hydrogen-bond acceptors (Lipinski definition) is 3. The maximum Gasteiger partial charge on any atom is 0.327 e. The van der Waals surface area contributed by atoms with Crippen molar-refractivity contribution >= 4 is 51.2 Å². The molecule has 7 heteroatoms. The average Bonchev–Trinajstić information content (AvgIpc) is 2.85. The summed E-state index contributed by atoms with van der Waals surface area (Å²) in [5, 5.41) is 9.45. The van der Waals surface area contributed by atoms with Crippen molar-refractivity contribution in [2.75, 3.05) is 5.75 Å². The summed E-state index contributed by atoms with van der Waals surface area (Å²) in [7, 11) is 0. The molecule has 1 aliphatic heterocycles. The third-order valence-corrected chi connectivity index (χ3v) is 5.89. The molecule has 0 aliphatic carbocycles. The van der Waals surface area contributed by atoms with Crippen molar-refractivity contribution in [3.05, 3.63) is 33.3 Å². The Morgan fingerprint density at radius 3 is 2.85 bits per heavy atom. The highest BCUT2D eigenvalue weighted by Crippen LogP contribution is 2.35. The van der Waals surface area contributed by atoms with Crippen LogP contribution in [0.5, 0.6) is 0 Å². The van der Waals surface area contributed by atoms with Gasteiger partial charge in [-0.05, 0) is 34.5 Å². The zero-order chi connectivity index (χ0) is 14.9. The van der Waals surface area contributed by atoms with Crippen molar-refractivity contribution in [2.24, 2.45) is 0 Å². The highest BCUT2D eigenvalue weighted by molar-refractivity contribution is 9.10. The third-order valence-electron chi connectivity index (χ3n) is 3.14. The van der Waals surface area contributed by atoms with Crippen molar-refractivity contribution < 1.29 is 14.7 Å². The Labute approximate surface area is 134 Å². The quantitative estimate of drug-likeness (QED) is 0.875. The van der Waals surface area contributed by atoms with Crippen LogP contribution in [0.15, 0.2) is 22.7 Å². The first-order valence-corrected chi connectivity index (χ1v) is 8.30. The SMILES string of the molecule is CCC1SCC(C(=O)O)N1C(=O)c1cccc(Br)c1Cl. The van der Waals surface area contributed by atoms with Gasteiger partial charge in [0.2, 0.25) is 0 Å². The third kappa shape index (κ3) is 2.82. The van der Waals surface area contributed by atoms with Crippen molar-refractivity contribution in [1.29, 1.82) is 0 Å². The van der Waals surface area contributed by atoms with Crippen LogP contribution in [-0.2, 0) is 4.79 Å². The van der Waals surface area contributed by atoms with Crippen LogP contribution in [0.2, 0.25) is 5.02 Å². The average molecular weight is 379 g/mol. The van der Waals surface area contributed by atoms with Crippen LogP contribution in [0, 0.1) is 0 Å². The highest BCUT2D eigenvalue weighted by Gasteiger charge is 2.41. The molecule has 4 nitrogen and oxygen atoms in total. The topological polar surface area (TPSA) is 57.6 Å². The van der Waals surface area contributed by atoms with E-state index in [4.69, 9.17) is 11.6 Å². The number of carboxylic acid groups (broad SMARTS) is 1. The van der Waals surface area contributed by atoms with Crippen molar-refractivity contribution in [1.82, 2.24) is 4.90 Å². The lowest BCUT2D eigenvalue weighted by Gasteiger charge is -2.27. The Morgan fingerprint density at radius 1 is 1.55 bits per heavy atom. The molecule has 1 aromatic rings. The van der Waals surface area contributed by atoms with Crippen molar-refractivity contribution in [3.8, 4) is 0 Å². The number of benzene rings is 1. The van der Waals surface area contributed by atoms with Crippen LogP contribution in [-0.4, -0.2) is 39.1 Å². The molecule has 0 spiro atoms. The lowest BCUT2D eigenvalue weighted by molar-refractivity contribution is -0.141. The molecule has 1 aliphatic rings. The van der Waals surface area contributed by atoms with Gasteiger partial charge in [0.15, 0.2) is 0 Å². The number of amides is 1. The first-order chi connectivity index (χ1) is 9.47. The minimum Gasteiger partial charge on any atom is -0.480 e. The normalized spacial score (nSPS) is 22.1. The van der Waals surface area contributed by atoms with E-state index < -0.39 is 12.0 Å². The largest absolute Gasteiger partial charge is 0.480 e. The fraction of sp³-hybridized carbons (Fsp3) is 0.385. The maximum atomic E-state index is 12.6. The van der Waals surface area contributed by atoms with Gasteiger partial charge in [-0.15, -0.1) is 11.8 Å². The van der Waals surface area contributed by atoms with E-state index in [1.165, 1.54) is 16.7 Å². The van der Waals surface area contributed by atoms with E-state index in [9.17, 15) is 14.7 Å². The lowest BCUT2D eigenvalue weighted by Crippen LogP contribution is -2.45. The first kappa shape index (κ1) is 15.7. The number of nitrogens with zero attached hydrogens (tertiary/aromatic N) is 1. The zero-order valence-electron chi connectivity index (χ0n) is 10.7. The summed E-state index contributed by atoms with van der Waals surface area (Å²) in [4.78, 5) is 25.4. The van der Waals surface area contributed by atoms with Crippen LogP contribution < -0.4 is 0 Å². The number of aliphatic carboxylic acids is 1. The fourth-order valence-electron chi connectivity index (χ4n) is 2.15. The van der Waals surface area contributed by atoms with Gasteiger partial charge in [0.1, 0.15) is 6.04 Å². The summed E-state index contributed by atoms with van der Waals surface area (Å²) in [5.74, 6) is -0.904. The minimum atomic E-state index is -0.979. The number of rotatable bonds is 3. The summed E-state index contributed by atoms with van der Waals surface area (Å²) in [6.45, 7) is 1.94. The Balaban J connectivity index is 2.38. The number of thioether (sulfide) groups is 1. The van der Waals surface area contributed by atoms with E-state index in [0.717, 1.165) is 0 Å². The monoisotopic (exact) mass is 377 g/mol. The van der Waals surface area contributed by atoms with Gasteiger partial charge >= 0.3 is 5.97 Å². The summed E-state index contributed by atoms with van der Waals surface area (Å²) in [6, 6.07) is 4.27. The van der Waals surface area contributed by atoms with Crippen LogP contribution in [0.3, 0.4) is 0 Å². The number of halogens is 2. The molecule has 0 aromatic heterocycles. The van der Waals surface area contributed by atoms with Crippen LogP contribution in [0.25, 0.3) is 0 Å². The summed E-state index contributed by atoms with van der Waals surface area (Å²) >= 11 is 10.9. The van der Waals surface area contributed by atoms with E-state index in [1.807, 2.05) is 6.92 Å². The molecule has 1 fully saturated rings. The molecule has 0 radical (unpaired) electrons. The molecule has 0 bridgehead atoms. The van der Waals surface area contributed by atoms with Crippen LogP contribution >= 0.6 is 39.3 Å². The lowest BCUT2D eigenvalue weighted by atomic mass is 10.1. The van der Waals surface area contributed by atoms with Gasteiger partial charge in [-0.1, -0.05) is 24.6 Å². The molecule has 1 N–H and O–H groups in total. The summed E-state index contributed by atoms with van der Waals surface area (Å²) in [5.41, 5.74) is 0.327. The fourth-order valence-corrected chi connectivity index (χ4v) is 4.07. The molecular formula is C13H13BrClNO3S. The second-order valence-corrected chi connectivity index (χ2v) is 6.81. The van der Waals surface area contributed by atoms with Crippen molar-refractivity contribution in [2.45, 2.75) is 24.8 Å². The van der Waals surface area contributed by atoms with Gasteiger partial charge in [-0.2, -0.15) is 0 Å². The molecule has 1 heterocycles. The second-order valence-electron chi connectivity index (χ2n) is 4.36. The van der Waals surface area contributed by atoms with Crippen LogP contribution in [0.4, 0.5) is 0 Å². The highest BCUT2D eigenvalue weighted by atomic mass is 79.9. The Kier molecular flexibility index (Phi) is 4.99. The number of carbonyl (C=O) groups excluding carboxylic acids is 1. The predicted molar refractivity (Wildman–Crippen MR) is 83.3 cm³/mol.